The summed E-state index contributed by atoms with van der Waals surface area (Å²) in [6.07, 6.45) is -5.33. The molecule has 1 heterocycles. The average Bonchev–Trinajstić information content (AvgIpc) is 2.98. The molecule has 0 radical (unpaired) electrons. The van der Waals surface area contributed by atoms with Crippen molar-refractivity contribution in [1.29, 1.82) is 0 Å². The van der Waals surface area contributed by atoms with Crippen molar-refractivity contribution >= 4 is 107 Å². The number of carboxylic acid groups (broad SMARTS) is 4. The van der Waals surface area contributed by atoms with Crippen LogP contribution in [0.15, 0.2) is 0 Å². The van der Waals surface area contributed by atoms with Crippen molar-refractivity contribution in [2.75, 3.05) is 39.5 Å². The quantitative estimate of drug-likeness (QED) is 0.0271. The summed E-state index contributed by atoms with van der Waals surface area (Å²) in [6.45, 7) is -1.53. The summed E-state index contributed by atoms with van der Waals surface area (Å²) in [6, 6.07) is -22.1. The highest BCUT2D eigenvalue weighted by Gasteiger charge is 2.42. The van der Waals surface area contributed by atoms with Crippen LogP contribution in [-0.4, -0.2) is 264 Å². The molecule has 0 unspecified atom stereocenters. The second-order valence-corrected chi connectivity index (χ2v) is 19.9. The maximum absolute atomic E-state index is 13.7. The zero-order valence-electron chi connectivity index (χ0n) is 48.0. The van der Waals surface area contributed by atoms with Crippen LogP contribution in [0.2, 0.25) is 0 Å². The van der Waals surface area contributed by atoms with Gasteiger partial charge in [0.05, 0.1) is 65.1 Å². The average molecular weight is 1280 g/mol. The van der Waals surface area contributed by atoms with E-state index in [0.29, 0.717) is 0 Å². The van der Waals surface area contributed by atoms with Crippen LogP contribution < -0.4 is 75.7 Å². The molecular weight excluding hydrogens is 1200 g/mol. The van der Waals surface area contributed by atoms with Crippen LogP contribution >= 0.6 is 0 Å². The third kappa shape index (κ3) is 26.4. The molecule has 0 aliphatic carbocycles. The van der Waals surface area contributed by atoms with Crippen LogP contribution in [0.1, 0.15) is 72.1 Å². The van der Waals surface area contributed by atoms with E-state index in [0.717, 1.165) is 11.8 Å². The SMILES string of the molecule is CC[C@H](C)[C@H](NC(=O)[C@H](C)NC(=O)CNC(=O)[C@H](CO)NC(=O)[C@@H]1CCCN1C(=O)[C@H](CC(=O)O)NC(=O)[C@H](CC(=O)O)NC(=O)[C@@H](N)CO)C(=O)N[C@@H](CC(=O)O)C(=O)N[C@@H](CO)C(=O)N[C@@H](CC(N)=O)C(=O)N[C@@H](CC(N)=O)C(=O)N[C@@H](CO)C(=O)O. The zero-order valence-corrected chi connectivity index (χ0v) is 48.0. The largest absolute Gasteiger partial charge is 0.481 e. The molecule has 0 bridgehead atoms. The fraction of sp³-hybridized carbons (Fsp3) is 0.625. The van der Waals surface area contributed by atoms with Crippen molar-refractivity contribution in [2.45, 2.75) is 145 Å². The van der Waals surface area contributed by atoms with Gasteiger partial charge in [-0.3, -0.25) is 81.5 Å². The molecule has 0 spiro atoms. The third-order valence-corrected chi connectivity index (χ3v) is 12.9. The van der Waals surface area contributed by atoms with Gasteiger partial charge in [0.15, 0.2) is 0 Å². The molecule has 1 aliphatic heterocycles. The van der Waals surface area contributed by atoms with Crippen molar-refractivity contribution in [3.8, 4) is 0 Å². The zero-order chi connectivity index (χ0) is 68.2. The van der Waals surface area contributed by atoms with Gasteiger partial charge in [-0.1, -0.05) is 20.3 Å². The van der Waals surface area contributed by atoms with E-state index in [1.807, 2.05) is 31.9 Å². The number of aliphatic hydroxyl groups is 4. The van der Waals surface area contributed by atoms with Gasteiger partial charge in [0, 0.05) is 6.54 Å². The number of nitrogens with one attached hydrogen (secondary N) is 11. The van der Waals surface area contributed by atoms with Crippen molar-refractivity contribution < 1.29 is 127 Å². The number of amides is 14. The van der Waals surface area contributed by atoms with E-state index in [2.05, 4.69) is 26.6 Å². The molecule has 1 aliphatic rings. The Kier molecular flexibility index (Phi) is 32.8. The molecule has 41 nitrogen and oxygen atoms in total. The smallest absolute Gasteiger partial charge is 0.328 e. The minimum atomic E-state index is -2.12. The number of hydrogen-bond acceptors (Lipinski definition) is 23. The monoisotopic (exact) mass is 1280 g/mol. The summed E-state index contributed by atoms with van der Waals surface area (Å²) in [5, 5.41) is 98.7. The number of aliphatic hydroxyl groups excluding tert-OH is 4. The summed E-state index contributed by atoms with van der Waals surface area (Å²) in [5.41, 5.74) is 15.8. The molecule has 498 valence electrons. The van der Waals surface area contributed by atoms with E-state index in [1.165, 1.54) is 6.92 Å². The minimum absolute atomic E-state index is 0.104. The number of nitrogens with two attached hydrogens (primary N) is 3. The number of nitrogens with zero attached hydrogens (tertiary/aromatic N) is 1. The molecule has 0 aromatic carbocycles. The molecule has 1 fully saturated rings. The molecule has 1 rings (SSSR count). The molecule has 0 saturated carbocycles. The second kappa shape index (κ2) is 37.7. The molecule has 0 aromatic heterocycles. The summed E-state index contributed by atoms with van der Waals surface area (Å²) in [4.78, 5) is 229. The van der Waals surface area contributed by atoms with E-state index in [1.54, 1.807) is 6.92 Å². The Balaban J connectivity index is 3.15. The highest BCUT2D eigenvalue weighted by molar-refractivity contribution is 6.01. The Morgan fingerprint density at radius 3 is 1.28 bits per heavy atom. The first-order valence-corrected chi connectivity index (χ1v) is 26.8. The third-order valence-electron chi connectivity index (χ3n) is 12.9. The van der Waals surface area contributed by atoms with Gasteiger partial charge in [-0.15, -0.1) is 0 Å². The summed E-state index contributed by atoms with van der Waals surface area (Å²) >= 11 is 0. The Morgan fingerprint density at radius 1 is 0.461 bits per heavy atom. The van der Waals surface area contributed by atoms with Crippen molar-refractivity contribution in [3.63, 3.8) is 0 Å². The van der Waals surface area contributed by atoms with Gasteiger partial charge in [-0.05, 0) is 25.7 Å². The van der Waals surface area contributed by atoms with Crippen LogP contribution in [0.25, 0.3) is 0 Å². The van der Waals surface area contributed by atoms with Crippen LogP contribution in [0.5, 0.6) is 0 Å². The number of rotatable bonds is 40. The second-order valence-electron chi connectivity index (χ2n) is 19.9. The van der Waals surface area contributed by atoms with Gasteiger partial charge < -0.3 is 121 Å². The van der Waals surface area contributed by atoms with Crippen LogP contribution in [-0.2, 0) is 86.3 Å². The van der Waals surface area contributed by atoms with Crippen LogP contribution in [0, 0.1) is 5.92 Å². The molecule has 25 N–H and O–H groups in total. The predicted octanol–water partition coefficient (Wildman–Crippen LogP) is -13.4. The normalized spacial score (nSPS) is 16.6. The van der Waals surface area contributed by atoms with E-state index in [9.17, 15) is 117 Å². The highest BCUT2D eigenvalue weighted by Crippen LogP contribution is 2.20. The van der Waals surface area contributed by atoms with E-state index >= 15 is 0 Å². The van der Waals surface area contributed by atoms with Gasteiger partial charge in [0.25, 0.3) is 0 Å². The summed E-state index contributed by atoms with van der Waals surface area (Å²) in [7, 11) is 0. The van der Waals surface area contributed by atoms with Crippen LogP contribution in [0.3, 0.4) is 0 Å². The number of likely N-dealkylation sites (tertiary alicyclic amines) is 1. The Morgan fingerprint density at radius 2 is 0.854 bits per heavy atom. The molecule has 13 atom stereocenters. The van der Waals surface area contributed by atoms with E-state index in [-0.39, 0.29) is 25.8 Å². The Labute approximate surface area is 503 Å². The first-order chi connectivity index (χ1) is 41.5. The minimum Gasteiger partial charge on any atom is -0.481 e. The fourth-order valence-electron chi connectivity index (χ4n) is 7.92. The standard InChI is InChI=1S/C48H75N15O26/c1-4-18(2)36(46(86)57-24(11-34(73)74)43(83)59-27(16-66)44(84)56-21(8-30(50)68)40(80)55-22(9-31(51)69)41(81)61-28(17-67)48(88)89)62-37(77)19(3)53-32(70)13-52-39(79)26(15-65)60-45(85)29-6-5-7-63(29)47(87)25(12-35(75)76)58-42(82)23(10-33(71)72)54-38(78)20(49)14-64/h18-29,36,64-67H,4-17,49H2,1-3H3,(H2,50,68)(H2,51,69)(H,52,79)(H,53,70)(H,54,78)(H,55,80)(H,56,84)(H,57,86)(H,58,82)(H,59,83)(H,60,85)(H,61,81)(H,62,77)(H,71,72)(H,73,74)(H,75,76)(H,88,89)/t18-,19-,20-,21-,22-,23-,24-,25-,26-,27-,28-,29-,36-/m0/s1. The molecule has 0 aromatic rings. The molecule has 89 heavy (non-hydrogen) atoms. The van der Waals surface area contributed by atoms with Crippen LogP contribution in [0.4, 0.5) is 0 Å². The fourth-order valence-corrected chi connectivity index (χ4v) is 7.92. The number of hydrogen-bond donors (Lipinski definition) is 22. The maximum atomic E-state index is 13.7. The number of carboxylic acids is 4. The van der Waals surface area contributed by atoms with Gasteiger partial charge in [-0.2, -0.15) is 0 Å². The van der Waals surface area contributed by atoms with Gasteiger partial charge in [-0.25, -0.2) is 4.79 Å². The number of carbonyl (C=O) groups excluding carboxylic acids is 14. The van der Waals surface area contributed by atoms with Gasteiger partial charge in [0.2, 0.25) is 82.7 Å². The molecule has 41 heteroatoms. The lowest BCUT2D eigenvalue weighted by molar-refractivity contribution is -0.147. The number of primary amides is 2. The lowest BCUT2D eigenvalue weighted by atomic mass is 9.97. The summed E-state index contributed by atoms with van der Waals surface area (Å²) in [5.74, 6) is -25.2. The predicted molar refractivity (Wildman–Crippen MR) is 291 cm³/mol. The first-order valence-electron chi connectivity index (χ1n) is 26.8. The van der Waals surface area contributed by atoms with E-state index < -0.39 is 250 Å². The van der Waals surface area contributed by atoms with Crippen molar-refractivity contribution in [1.82, 2.24) is 63.4 Å². The topological polar surface area (TPSA) is 683 Å². The van der Waals surface area contributed by atoms with Gasteiger partial charge in [0.1, 0.15) is 72.5 Å². The molecular formula is C48H75N15O26. The lowest BCUT2D eigenvalue weighted by Gasteiger charge is -2.30. The Bertz CT molecular complexity index is 2660. The highest BCUT2D eigenvalue weighted by atomic mass is 16.4. The molecule has 14 amide bonds. The summed E-state index contributed by atoms with van der Waals surface area (Å²) < 4.78 is 0. The Hall–Kier alpha value is -9.74. The van der Waals surface area contributed by atoms with Crippen molar-refractivity contribution in [2.24, 2.45) is 23.1 Å². The van der Waals surface area contributed by atoms with E-state index in [4.69, 9.17) is 27.4 Å². The maximum Gasteiger partial charge on any atom is 0.328 e. The van der Waals surface area contributed by atoms with Gasteiger partial charge >= 0.3 is 23.9 Å². The first kappa shape index (κ1) is 77.3. The number of carbonyl (C=O) groups is 18. The number of aliphatic carboxylic acids is 4. The lowest BCUT2D eigenvalue weighted by Crippen LogP contribution is -2.61. The van der Waals surface area contributed by atoms with Crippen molar-refractivity contribution in [3.05, 3.63) is 0 Å². The molecule has 1 saturated heterocycles.